The fourth-order valence-electron chi connectivity index (χ4n) is 2.88. The Morgan fingerprint density at radius 3 is 2.54 bits per heavy atom. The van der Waals surface area contributed by atoms with Crippen LogP contribution in [0.5, 0.6) is 5.75 Å². The van der Waals surface area contributed by atoms with Crippen LogP contribution in [0.15, 0.2) is 48.5 Å². The maximum Gasteiger partial charge on any atom is 0.249 e. The molecule has 3 rings (SSSR count). The molecule has 7 heteroatoms. The molecule has 0 saturated heterocycles. The summed E-state index contributed by atoms with van der Waals surface area (Å²) in [6, 6.07) is 13.4. The Kier molecular flexibility index (Phi) is 6.44. The molecule has 0 fully saturated rings. The van der Waals surface area contributed by atoms with Gasteiger partial charge in [0.2, 0.25) is 5.91 Å². The highest BCUT2D eigenvalue weighted by Gasteiger charge is 2.17. The van der Waals surface area contributed by atoms with Gasteiger partial charge in [-0.3, -0.25) is 4.79 Å². The number of carbonyl (C=O) groups excluding carboxylic acids is 1. The number of benzene rings is 2. The van der Waals surface area contributed by atoms with Crippen LogP contribution in [0.4, 0.5) is 4.39 Å². The largest absolute Gasteiger partial charge is 0.497 e. The van der Waals surface area contributed by atoms with Crippen LogP contribution in [0.2, 0.25) is 5.15 Å². The molecule has 5 nitrogen and oxygen atoms in total. The monoisotopic (exact) mass is 402 g/mol. The average Bonchev–Trinajstić information content (AvgIpc) is 2.69. The molecule has 0 N–H and O–H groups in total. The second-order valence-electron chi connectivity index (χ2n) is 6.31. The third kappa shape index (κ3) is 4.77. The minimum atomic E-state index is -0.325. The smallest absolute Gasteiger partial charge is 0.249 e. The summed E-state index contributed by atoms with van der Waals surface area (Å²) in [6.45, 7) is 0.487. The lowest BCUT2D eigenvalue weighted by Crippen LogP contribution is -2.33. The summed E-state index contributed by atoms with van der Waals surface area (Å²) in [4.78, 5) is 18.6. The standard InChI is InChI=1S/C21H20ClFN2O3/c1-27-13-20(26)25(11-14-3-5-17(23)6-4-14)12-16-9-15-10-18(28-2)7-8-19(15)24-21(16)22/h3-10H,11-13H2,1-2H3. The normalized spacial score (nSPS) is 10.9. The predicted octanol–water partition coefficient (Wildman–Crippen LogP) is 4.21. The lowest BCUT2D eigenvalue weighted by atomic mass is 10.1. The van der Waals surface area contributed by atoms with Gasteiger partial charge in [-0.25, -0.2) is 9.37 Å². The summed E-state index contributed by atoms with van der Waals surface area (Å²) in [7, 11) is 3.06. The highest BCUT2D eigenvalue weighted by molar-refractivity contribution is 6.30. The molecule has 0 unspecified atom stereocenters. The number of ether oxygens (including phenoxy) is 2. The Balaban J connectivity index is 1.91. The maximum atomic E-state index is 13.2. The van der Waals surface area contributed by atoms with Crippen molar-refractivity contribution in [3.63, 3.8) is 0 Å². The number of fused-ring (bicyclic) bond motifs is 1. The maximum absolute atomic E-state index is 13.2. The Hall–Kier alpha value is -2.70. The highest BCUT2D eigenvalue weighted by atomic mass is 35.5. The molecule has 0 atom stereocenters. The molecule has 1 amide bonds. The van der Waals surface area contributed by atoms with Crippen LogP contribution in [-0.2, 0) is 22.6 Å². The molecule has 146 valence electrons. The number of carbonyl (C=O) groups is 1. The van der Waals surface area contributed by atoms with E-state index in [0.29, 0.717) is 23.0 Å². The Morgan fingerprint density at radius 2 is 1.86 bits per heavy atom. The van der Waals surface area contributed by atoms with Gasteiger partial charge >= 0.3 is 0 Å². The van der Waals surface area contributed by atoms with Crippen LogP contribution >= 0.6 is 11.6 Å². The Morgan fingerprint density at radius 1 is 1.11 bits per heavy atom. The van der Waals surface area contributed by atoms with E-state index < -0.39 is 0 Å². The first-order chi connectivity index (χ1) is 13.5. The van der Waals surface area contributed by atoms with Crippen molar-refractivity contribution in [2.45, 2.75) is 13.1 Å². The fraction of sp³-hybridized carbons (Fsp3) is 0.238. The van der Waals surface area contributed by atoms with Gasteiger partial charge in [0.05, 0.1) is 12.6 Å². The van der Waals surface area contributed by atoms with Gasteiger partial charge in [-0.1, -0.05) is 23.7 Å². The lowest BCUT2D eigenvalue weighted by molar-refractivity contribution is -0.136. The quantitative estimate of drug-likeness (QED) is 0.555. The number of nitrogens with zero attached hydrogens (tertiary/aromatic N) is 2. The van der Waals surface area contributed by atoms with Gasteiger partial charge in [0.1, 0.15) is 23.3 Å². The number of halogens is 2. The lowest BCUT2D eigenvalue weighted by Gasteiger charge is -2.23. The molecule has 2 aromatic carbocycles. The van der Waals surface area contributed by atoms with Gasteiger partial charge in [0.25, 0.3) is 0 Å². The van der Waals surface area contributed by atoms with E-state index in [1.165, 1.54) is 19.2 Å². The minimum Gasteiger partial charge on any atom is -0.497 e. The van der Waals surface area contributed by atoms with Crippen molar-refractivity contribution in [3.8, 4) is 5.75 Å². The number of amides is 1. The third-order valence-corrected chi connectivity index (χ3v) is 4.64. The zero-order valence-electron chi connectivity index (χ0n) is 15.6. The molecule has 0 radical (unpaired) electrons. The second-order valence-corrected chi connectivity index (χ2v) is 6.66. The molecular weight excluding hydrogens is 383 g/mol. The first-order valence-electron chi connectivity index (χ1n) is 8.64. The van der Waals surface area contributed by atoms with E-state index in [0.717, 1.165) is 16.5 Å². The summed E-state index contributed by atoms with van der Waals surface area (Å²) >= 11 is 6.37. The van der Waals surface area contributed by atoms with E-state index in [1.54, 1.807) is 24.1 Å². The van der Waals surface area contributed by atoms with Crippen LogP contribution < -0.4 is 4.74 Å². The molecule has 1 aromatic heterocycles. The minimum absolute atomic E-state index is 0.0619. The molecule has 0 bridgehead atoms. The topological polar surface area (TPSA) is 51.7 Å². The van der Waals surface area contributed by atoms with E-state index in [2.05, 4.69) is 4.98 Å². The Bertz CT molecular complexity index is 979. The summed E-state index contributed by atoms with van der Waals surface area (Å²) in [5.74, 6) is 0.184. The third-order valence-electron chi connectivity index (χ3n) is 4.32. The summed E-state index contributed by atoms with van der Waals surface area (Å²) in [5.41, 5.74) is 2.24. The molecule has 0 spiro atoms. The van der Waals surface area contributed by atoms with E-state index in [4.69, 9.17) is 21.1 Å². The van der Waals surface area contributed by atoms with E-state index in [-0.39, 0.29) is 24.9 Å². The summed E-state index contributed by atoms with van der Waals surface area (Å²) < 4.78 is 23.4. The van der Waals surface area contributed by atoms with Crippen molar-refractivity contribution in [3.05, 3.63) is 70.6 Å². The van der Waals surface area contributed by atoms with Gasteiger partial charge in [0, 0.05) is 31.1 Å². The van der Waals surface area contributed by atoms with Gasteiger partial charge in [0.15, 0.2) is 0 Å². The summed E-state index contributed by atoms with van der Waals surface area (Å²) in [5, 5.41) is 1.19. The van der Waals surface area contributed by atoms with Gasteiger partial charge < -0.3 is 14.4 Å². The Labute approximate surface area is 167 Å². The van der Waals surface area contributed by atoms with E-state index in [9.17, 15) is 9.18 Å². The number of pyridine rings is 1. The van der Waals surface area contributed by atoms with Gasteiger partial charge in [-0.05, 0) is 42.0 Å². The molecule has 28 heavy (non-hydrogen) atoms. The van der Waals surface area contributed by atoms with Crippen LogP contribution in [-0.4, -0.2) is 36.6 Å². The molecule has 1 heterocycles. The van der Waals surface area contributed by atoms with Crippen LogP contribution in [0, 0.1) is 5.82 Å². The van der Waals surface area contributed by atoms with Crippen LogP contribution in [0.1, 0.15) is 11.1 Å². The number of hydrogen-bond acceptors (Lipinski definition) is 4. The SMILES string of the molecule is COCC(=O)N(Cc1ccc(F)cc1)Cc1cc2cc(OC)ccc2nc1Cl. The van der Waals surface area contributed by atoms with E-state index >= 15 is 0 Å². The first-order valence-corrected chi connectivity index (χ1v) is 9.02. The van der Waals surface area contributed by atoms with Crippen molar-refractivity contribution in [2.24, 2.45) is 0 Å². The molecule has 0 saturated carbocycles. The molecule has 3 aromatic rings. The van der Waals surface area contributed by atoms with Crippen LogP contribution in [0.25, 0.3) is 10.9 Å². The second kappa shape index (κ2) is 8.99. The zero-order valence-corrected chi connectivity index (χ0v) is 16.4. The fourth-order valence-corrected chi connectivity index (χ4v) is 3.08. The number of rotatable bonds is 7. The number of aromatic nitrogens is 1. The van der Waals surface area contributed by atoms with Crippen LogP contribution in [0.3, 0.4) is 0 Å². The van der Waals surface area contributed by atoms with Crippen molar-refractivity contribution in [2.75, 3.05) is 20.8 Å². The van der Waals surface area contributed by atoms with Crippen molar-refractivity contribution in [1.82, 2.24) is 9.88 Å². The predicted molar refractivity (Wildman–Crippen MR) is 106 cm³/mol. The number of methoxy groups -OCH3 is 2. The molecule has 0 aliphatic heterocycles. The zero-order chi connectivity index (χ0) is 20.1. The molecule has 0 aliphatic rings. The van der Waals surface area contributed by atoms with Crippen molar-refractivity contribution in [1.29, 1.82) is 0 Å². The van der Waals surface area contributed by atoms with E-state index in [1.807, 2.05) is 24.3 Å². The van der Waals surface area contributed by atoms with Gasteiger partial charge in [-0.2, -0.15) is 0 Å². The first kappa shape index (κ1) is 20.0. The van der Waals surface area contributed by atoms with Gasteiger partial charge in [-0.15, -0.1) is 0 Å². The van der Waals surface area contributed by atoms with Crippen molar-refractivity contribution >= 4 is 28.4 Å². The number of hydrogen-bond donors (Lipinski definition) is 0. The average molecular weight is 403 g/mol. The van der Waals surface area contributed by atoms with Crippen molar-refractivity contribution < 1.29 is 18.7 Å². The highest BCUT2D eigenvalue weighted by Crippen LogP contribution is 2.25. The molecular formula is C21H20ClFN2O3. The molecule has 0 aliphatic carbocycles. The summed E-state index contributed by atoms with van der Waals surface area (Å²) in [6.07, 6.45) is 0.